The molecule has 2 aromatic rings. The van der Waals surface area contributed by atoms with Crippen molar-refractivity contribution in [1.82, 2.24) is 10.3 Å². The van der Waals surface area contributed by atoms with E-state index in [2.05, 4.69) is 10.3 Å². The third kappa shape index (κ3) is 3.74. The Kier molecular flexibility index (Phi) is 4.84. The van der Waals surface area contributed by atoms with E-state index < -0.39 is 11.9 Å². The predicted molar refractivity (Wildman–Crippen MR) is 76.5 cm³/mol. The van der Waals surface area contributed by atoms with Gasteiger partial charge in [0.1, 0.15) is 10.8 Å². The van der Waals surface area contributed by atoms with Crippen LogP contribution in [0.4, 0.5) is 13.2 Å². The van der Waals surface area contributed by atoms with Crippen molar-refractivity contribution in [2.45, 2.75) is 19.6 Å². The molecule has 1 aromatic heterocycles. The van der Waals surface area contributed by atoms with Gasteiger partial charge in [0.05, 0.1) is 12.0 Å². The number of halogens is 3. The van der Waals surface area contributed by atoms with Gasteiger partial charge in [-0.2, -0.15) is 13.2 Å². The quantitative estimate of drug-likeness (QED) is 0.907. The summed E-state index contributed by atoms with van der Waals surface area (Å²) in [5.74, 6) is 0.652. The van der Waals surface area contributed by atoms with Gasteiger partial charge in [-0.15, -0.1) is 11.3 Å². The first kappa shape index (κ1) is 15.8. The number of alkyl halides is 3. The number of nitrogens with zero attached hydrogens (tertiary/aromatic N) is 1. The largest absolute Gasteiger partial charge is 0.497 e. The van der Waals surface area contributed by atoms with E-state index in [1.54, 1.807) is 24.3 Å². The Bertz CT molecular complexity index is 593. The molecule has 0 radical (unpaired) electrons. The third-order valence-corrected chi connectivity index (χ3v) is 3.94. The normalized spacial score (nSPS) is 11.7. The summed E-state index contributed by atoms with van der Waals surface area (Å²) in [5, 5.41) is 3.27. The van der Waals surface area contributed by atoms with Crippen molar-refractivity contribution in [3.05, 3.63) is 34.8 Å². The Morgan fingerprint density at radius 1 is 1.24 bits per heavy atom. The molecule has 114 valence electrons. The van der Waals surface area contributed by atoms with Gasteiger partial charge < -0.3 is 10.1 Å². The second kappa shape index (κ2) is 6.44. The van der Waals surface area contributed by atoms with E-state index in [1.165, 1.54) is 7.11 Å². The van der Waals surface area contributed by atoms with Crippen LogP contribution in [0, 0.1) is 0 Å². The van der Waals surface area contributed by atoms with Crippen molar-refractivity contribution < 1.29 is 17.9 Å². The highest BCUT2D eigenvalue weighted by Crippen LogP contribution is 2.37. The zero-order valence-electron chi connectivity index (χ0n) is 11.6. The van der Waals surface area contributed by atoms with Crippen LogP contribution in [0.3, 0.4) is 0 Å². The average molecular weight is 316 g/mol. The van der Waals surface area contributed by atoms with Gasteiger partial charge in [-0.1, -0.05) is 6.92 Å². The Morgan fingerprint density at radius 2 is 1.90 bits per heavy atom. The van der Waals surface area contributed by atoms with Crippen LogP contribution < -0.4 is 10.1 Å². The van der Waals surface area contributed by atoms with E-state index in [4.69, 9.17) is 4.74 Å². The van der Waals surface area contributed by atoms with Gasteiger partial charge >= 0.3 is 6.18 Å². The van der Waals surface area contributed by atoms with Crippen LogP contribution in [0.1, 0.15) is 17.5 Å². The molecule has 0 spiro atoms. The lowest BCUT2D eigenvalue weighted by atomic mass is 10.2. The molecule has 1 N–H and O–H groups in total. The Labute approximate surface area is 124 Å². The average Bonchev–Trinajstić information content (AvgIpc) is 2.89. The molecular formula is C14H15F3N2OS. The van der Waals surface area contributed by atoms with Gasteiger partial charge in [0.25, 0.3) is 0 Å². The minimum atomic E-state index is -4.44. The predicted octanol–water partition coefficient (Wildman–Crippen LogP) is 3.95. The molecule has 0 aliphatic heterocycles. The van der Waals surface area contributed by atoms with Crippen molar-refractivity contribution in [1.29, 1.82) is 0 Å². The van der Waals surface area contributed by atoms with Gasteiger partial charge in [0.2, 0.25) is 0 Å². The van der Waals surface area contributed by atoms with E-state index in [-0.39, 0.29) is 11.4 Å². The van der Waals surface area contributed by atoms with Gasteiger partial charge in [-0.05, 0) is 30.8 Å². The monoisotopic (exact) mass is 316 g/mol. The van der Waals surface area contributed by atoms with Crippen LogP contribution in [0.15, 0.2) is 24.3 Å². The summed E-state index contributed by atoms with van der Waals surface area (Å²) in [6.07, 6.45) is -4.44. The highest BCUT2D eigenvalue weighted by molar-refractivity contribution is 7.15. The van der Waals surface area contributed by atoms with E-state index in [0.29, 0.717) is 22.9 Å². The van der Waals surface area contributed by atoms with E-state index in [1.807, 2.05) is 6.92 Å². The van der Waals surface area contributed by atoms with E-state index in [0.717, 1.165) is 11.3 Å². The SMILES string of the molecule is CCNCc1sc(-c2ccc(OC)cc2)nc1C(F)(F)F. The maximum atomic E-state index is 13.0. The summed E-state index contributed by atoms with van der Waals surface area (Å²) in [5.41, 5.74) is -0.159. The molecule has 0 fully saturated rings. The molecule has 0 unspecified atom stereocenters. The Hall–Kier alpha value is -1.60. The van der Waals surface area contributed by atoms with Crippen molar-refractivity contribution in [3.63, 3.8) is 0 Å². The molecule has 1 heterocycles. The number of rotatable bonds is 5. The van der Waals surface area contributed by atoms with Crippen molar-refractivity contribution >= 4 is 11.3 Å². The smallest absolute Gasteiger partial charge is 0.434 e. The minimum Gasteiger partial charge on any atom is -0.497 e. The molecule has 0 amide bonds. The lowest BCUT2D eigenvalue weighted by Gasteiger charge is -2.05. The fourth-order valence-corrected chi connectivity index (χ4v) is 2.85. The van der Waals surface area contributed by atoms with Crippen molar-refractivity contribution in [3.8, 4) is 16.3 Å². The first-order chi connectivity index (χ1) is 9.95. The topological polar surface area (TPSA) is 34.1 Å². The molecule has 21 heavy (non-hydrogen) atoms. The molecule has 7 heteroatoms. The maximum absolute atomic E-state index is 13.0. The van der Waals surface area contributed by atoms with Gasteiger partial charge in [0.15, 0.2) is 5.69 Å². The summed E-state index contributed by atoms with van der Waals surface area (Å²) in [7, 11) is 1.54. The van der Waals surface area contributed by atoms with Crippen LogP contribution >= 0.6 is 11.3 Å². The first-order valence-electron chi connectivity index (χ1n) is 6.37. The van der Waals surface area contributed by atoms with E-state index >= 15 is 0 Å². The molecule has 0 saturated heterocycles. The fraction of sp³-hybridized carbons (Fsp3) is 0.357. The second-order valence-corrected chi connectivity index (χ2v) is 5.38. The van der Waals surface area contributed by atoms with Crippen LogP contribution in [0.25, 0.3) is 10.6 Å². The van der Waals surface area contributed by atoms with Gasteiger partial charge in [-0.25, -0.2) is 4.98 Å². The van der Waals surface area contributed by atoms with Crippen LogP contribution in [-0.4, -0.2) is 18.6 Å². The third-order valence-electron chi connectivity index (χ3n) is 2.84. The number of thiazole rings is 1. The van der Waals surface area contributed by atoms with Crippen LogP contribution in [-0.2, 0) is 12.7 Å². The van der Waals surface area contributed by atoms with Crippen LogP contribution in [0.5, 0.6) is 5.75 Å². The Balaban J connectivity index is 2.37. The number of methoxy groups -OCH3 is 1. The summed E-state index contributed by atoms with van der Waals surface area (Å²) in [4.78, 5) is 3.98. The Morgan fingerprint density at radius 3 is 2.43 bits per heavy atom. The zero-order valence-corrected chi connectivity index (χ0v) is 12.4. The number of benzene rings is 1. The zero-order chi connectivity index (χ0) is 15.5. The van der Waals surface area contributed by atoms with Gasteiger partial charge in [-0.3, -0.25) is 0 Å². The summed E-state index contributed by atoms with van der Waals surface area (Å²) in [6.45, 7) is 2.62. The number of hydrogen-bond acceptors (Lipinski definition) is 4. The lowest BCUT2D eigenvalue weighted by molar-refractivity contribution is -0.141. The summed E-state index contributed by atoms with van der Waals surface area (Å²) in [6, 6.07) is 6.81. The highest BCUT2D eigenvalue weighted by Gasteiger charge is 2.37. The summed E-state index contributed by atoms with van der Waals surface area (Å²) >= 11 is 1.06. The molecule has 0 aliphatic carbocycles. The molecule has 1 aromatic carbocycles. The molecule has 2 rings (SSSR count). The lowest BCUT2D eigenvalue weighted by Crippen LogP contribution is -2.15. The molecule has 0 saturated carbocycles. The van der Waals surface area contributed by atoms with Crippen molar-refractivity contribution in [2.75, 3.05) is 13.7 Å². The first-order valence-corrected chi connectivity index (χ1v) is 7.19. The molecule has 0 atom stereocenters. The molecular weight excluding hydrogens is 301 g/mol. The van der Waals surface area contributed by atoms with Gasteiger partial charge in [0, 0.05) is 12.1 Å². The molecule has 0 bridgehead atoms. The van der Waals surface area contributed by atoms with Crippen LogP contribution in [0.2, 0.25) is 0 Å². The summed E-state index contributed by atoms with van der Waals surface area (Å²) < 4.78 is 44.1. The number of aromatic nitrogens is 1. The standard InChI is InChI=1S/C14H15F3N2OS/c1-3-18-8-11-12(14(15,16)17)19-13(21-11)9-4-6-10(20-2)7-5-9/h4-7,18H,3,8H2,1-2H3. The fourth-order valence-electron chi connectivity index (χ4n) is 1.79. The molecule has 3 nitrogen and oxygen atoms in total. The molecule has 0 aliphatic rings. The number of nitrogens with one attached hydrogen (secondary N) is 1. The second-order valence-electron chi connectivity index (χ2n) is 4.30. The number of hydrogen-bond donors (Lipinski definition) is 1. The highest BCUT2D eigenvalue weighted by atomic mass is 32.1. The minimum absolute atomic E-state index is 0.166. The van der Waals surface area contributed by atoms with Crippen molar-refractivity contribution in [2.24, 2.45) is 0 Å². The van der Waals surface area contributed by atoms with E-state index in [9.17, 15) is 13.2 Å². The maximum Gasteiger partial charge on any atom is 0.434 e. The number of ether oxygens (including phenoxy) is 1.